The zero-order valence-corrected chi connectivity index (χ0v) is 17.8. The summed E-state index contributed by atoms with van der Waals surface area (Å²) in [4.78, 5) is 7.31. The molecule has 2 aliphatic rings. The molecular formula is C21H34N4O2S. The number of hydrogen-bond donors (Lipinski definition) is 2. The summed E-state index contributed by atoms with van der Waals surface area (Å²) < 4.78 is 23.4. The van der Waals surface area contributed by atoms with Crippen LogP contribution < -0.4 is 10.6 Å². The summed E-state index contributed by atoms with van der Waals surface area (Å²) in [6.45, 7) is 6.71. The number of hydrogen-bond acceptors (Lipinski definition) is 4. The van der Waals surface area contributed by atoms with Crippen LogP contribution in [0, 0.1) is 0 Å². The Morgan fingerprint density at radius 2 is 1.86 bits per heavy atom. The maximum absolute atomic E-state index is 11.7. The molecule has 7 heteroatoms. The second-order valence-electron chi connectivity index (χ2n) is 7.90. The standard InChI is InChI=1S/C21H34N4O2S/c1-2-22-21(24-20-11-14-28(26,27)17-20)23-15-18-9-5-6-10-19(18)16-25-12-7-3-4-8-13-25/h5-6,9-10,20H,2-4,7-8,11-17H2,1H3,(H2,22,23,24). The lowest BCUT2D eigenvalue weighted by Crippen LogP contribution is -2.44. The van der Waals surface area contributed by atoms with Crippen LogP contribution in [0.3, 0.4) is 0 Å². The Hall–Kier alpha value is -1.60. The van der Waals surface area contributed by atoms with Crippen molar-refractivity contribution in [2.45, 2.75) is 58.2 Å². The molecule has 2 N–H and O–H groups in total. The summed E-state index contributed by atoms with van der Waals surface area (Å²) in [5.74, 6) is 1.17. The van der Waals surface area contributed by atoms with E-state index >= 15 is 0 Å². The molecule has 0 spiro atoms. The molecule has 28 heavy (non-hydrogen) atoms. The van der Waals surface area contributed by atoms with Crippen LogP contribution in [-0.4, -0.2) is 56.5 Å². The molecule has 0 bridgehead atoms. The third-order valence-electron chi connectivity index (χ3n) is 5.54. The maximum atomic E-state index is 11.7. The van der Waals surface area contributed by atoms with Crippen molar-refractivity contribution in [3.05, 3.63) is 35.4 Å². The first-order chi connectivity index (χ1) is 13.6. The molecular weight excluding hydrogens is 372 g/mol. The van der Waals surface area contributed by atoms with E-state index in [9.17, 15) is 8.42 Å². The van der Waals surface area contributed by atoms with E-state index in [1.807, 2.05) is 6.92 Å². The number of benzene rings is 1. The predicted molar refractivity (Wildman–Crippen MR) is 115 cm³/mol. The van der Waals surface area contributed by atoms with Gasteiger partial charge in [-0.25, -0.2) is 13.4 Å². The third-order valence-corrected chi connectivity index (χ3v) is 7.30. The number of guanidine groups is 1. The lowest BCUT2D eigenvalue weighted by Gasteiger charge is -2.21. The number of likely N-dealkylation sites (tertiary alicyclic amines) is 1. The fourth-order valence-corrected chi connectivity index (χ4v) is 5.66. The first kappa shape index (κ1) is 21.1. The van der Waals surface area contributed by atoms with Crippen LogP contribution in [0.5, 0.6) is 0 Å². The van der Waals surface area contributed by atoms with Crippen LogP contribution in [0.1, 0.15) is 50.2 Å². The molecule has 1 atom stereocenters. The molecule has 156 valence electrons. The lowest BCUT2D eigenvalue weighted by atomic mass is 10.1. The molecule has 1 unspecified atom stereocenters. The molecule has 0 radical (unpaired) electrons. The Morgan fingerprint density at radius 1 is 1.14 bits per heavy atom. The smallest absolute Gasteiger partial charge is 0.191 e. The SMILES string of the molecule is CCNC(=NCc1ccccc1CN1CCCCCC1)NC1CCS(=O)(=O)C1. The lowest BCUT2D eigenvalue weighted by molar-refractivity contribution is 0.276. The van der Waals surface area contributed by atoms with Gasteiger partial charge in [0.05, 0.1) is 18.1 Å². The first-order valence-electron chi connectivity index (χ1n) is 10.6. The largest absolute Gasteiger partial charge is 0.357 e. The molecule has 0 aromatic heterocycles. The molecule has 1 aromatic carbocycles. The summed E-state index contributed by atoms with van der Waals surface area (Å²) in [7, 11) is -2.90. The van der Waals surface area contributed by atoms with Gasteiger partial charge in [0.15, 0.2) is 15.8 Å². The van der Waals surface area contributed by atoms with Crippen LogP contribution in [0.25, 0.3) is 0 Å². The minimum Gasteiger partial charge on any atom is -0.357 e. The van der Waals surface area contributed by atoms with Crippen molar-refractivity contribution in [2.24, 2.45) is 4.99 Å². The Morgan fingerprint density at radius 3 is 2.50 bits per heavy atom. The average molecular weight is 407 g/mol. The van der Waals surface area contributed by atoms with Gasteiger partial charge in [-0.1, -0.05) is 37.1 Å². The highest BCUT2D eigenvalue weighted by molar-refractivity contribution is 7.91. The Bertz CT molecular complexity index is 755. The molecule has 0 saturated carbocycles. The summed E-state index contributed by atoms with van der Waals surface area (Å²) in [5, 5.41) is 6.55. The van der Waals surface area contributed by atoms with Gasteiger partial charge in [0.2, 0.25) is 0 Å². The highest BCUT2D eigenvalue weighted by atomic mass is 32.2. The molecule has 3 rings (SSSR count). The zero-order valence-electron chi connectivity index (χ0n) is 17.0. The topological polar surface area (TPSA) is 73.8 Å². The molecule has 2 heterocycles. The zero-order chi connectivity index (χ0) is 19.8. The average Bonchev–Trinajstić information content (AvgIpc) is 2.85. The van der Waals surface area contributed by atoms with Crippen LogP contribution in [-0.2, 0) is 22.9 Å². The summed E-state index contributed by atoms with van der Waals surface area (Å²) >= 11 is 0. The van der Waals surface area contributed by atoms with Crippen molar-refractivity contribution in [1.82, 2.24) is 15.5 Å². The van der Waals surface area contributed by atoms with Crippen LogP contribution in [0.15, 0.2) is 29.3 Å². The molecule has 6 nitrogen and oxygen atoms in total. The van der Waals surface area contributed by atoms with Gasteiger partial charge in [-0.05, 0) is 50.4 Å². The number of rotatable bonds is 6. The van der Waals surface area contributed by atoms with E-state index in [4.69, 9.17) is 4.99 Å². The molecule has 0 aliphatic carbocycles. The van der Waals surface area contributed by atoms with Crippen LogP contribution >= 0.6 is 0 Å². The van der Waals surface area contributed by atoms with Gasteiger partial charge in [0.1, 0.15) is 0 Å². The van der Waals surface area contributed by atoms with E-state index in [1.54, 1.807) is 0 Å². The Balaban J connectivity index is 1.65. The summed E-state index contributed by atoms with van der Waals surface area (Å²) in [6.07, 6.45) is 5.92. The van der Waals surface area contributed by atoms with Crippen molar-refractivity contribution in [1.29, 1.82) is 0 Å². The van der Waals surface area contributed by atoms with Gasteiger partial charge in [0.25, 0.3) is 0 Å². The van der Waals surface area contributed by atoms with Gasteiger partial charge in [0, 0.05) is 19.1 Å². The number of sulfone groups is 1. The summed E-state index contributed by atoms with van der Waals surface area (Å²) in [6, 6.07) is 8.49. The van der Waals surface area contributed by atoms with Gasteiger partial charge >= 0.3 is 0 Å². The van der Waals surface area contributed by atoms with Crippen molar-refractivity contribution >= 4 is 15.8 Å². The molecule has 2 aliphatic heterocycles. The second kappa shape index (κ2) is 10.3. The fourth-order valence-electron chi connectivity index (χ4n) is 3.99. The number of nitrogens with zero attached hydrogens (tertiary/aromatic N) is 2. The van der Waals surface area contributed by atoms with Gasteiger partial charge in [-0.2, -0.15) is 0 Å². The Kier molecular flexibility index (Phi) is 7.73. The van der Waals surface area contributed by atoms with Crippen molar-refractivity contribution < 1.29 is 8.42 Å². The van der Waals surface area contributed by atoms with Gasteiger partial charge in [-0.15, -0.1) is 0 Å². The summed E-state index contributed by atoms with van der Waals surface area (Å²) in [5.41, 5.74) is 2.58. The Labute approximate surface area is 169 Å². The highest BCUT2D eigenvalue weighted by Gasteiger charge is 2.28. The monoisotopic (exact) mass is 406 g/mol. The van der Waals surface area contributed by atoms with Crippen LogP contribution in [0.2, 0.25) is 0 Å². The number of aliphatic imine (C=N–C) groups is 1. The molecule has 0 amide bonds. The third kappa shape index (κ3) is 6.48. The normalized spacial score (nSPS) is 23.3. The minimum atomic E-state index is -2.90. The molecule has 1 aromatic rings. The minimum absolute atomic E-state index is 0.0462. The predicted octanol–water partition coefficient (Wildman–Crippen LogP) is 2.30. The van der Waals surface area contributed by atoms with Crippen molar-refractivity contribution in [3.63, 3.8) is 0 Å². The first-order valence-corrected chi connectivity index (χ1v) is 12.4. The number of nitrogens with one attached hydrogen (secondary N) is 2. The second-order valence-corrected chi connectivity index (χ2v) is 10.1. The molecule has 2 fully saturated rings. The quantitative estimate of drug-likeness (QED) is 0.560. The van der Waals surface area contributed by atoms with E-state index in [1.165, 1.54) is 49.9 Å². The van der Waals surface area contributed by atoms with E-state index in [0.717, 1.165) is 13.1 Å². The van der Waals surface area contributed by atoms with Crippen LogP contribution in [0.4, 0.5) is 0 Å². The van der Waals surface area contributed by atoms with Crippen molar-refractivity contribution in [2.75, 3.05) is 31.1 Å². The van der Waals surface area contributed by atoms with E-state index < -0.39 is 9.84 Å². The highest BCUT2D eigenvalue weighted by Crippen LogP contribution is 2.17. The van der Waals surface area contributed by atoms with E-state index in [2.05, 4.69) is 39.8 Å². The van der Waals surface area contributed by atoms with E-state index in [-0.39, 0.29) is 17.5 Å². The van der Waals surface area contributed by atoms with Gasteiger partial charge < -0.3 is 10.6 Å². The maximum Gasteiger partial charge on any atom is 0.191 e. The van der Waals surface area contributed by atoms with Crippen molar-refractivity contribution in [3.8, 4) is 0 Å². The molecule has 2 saturated heterocycles. The van der Waals surface area contributed by atoms with E-state index in [0.29, 0.717) is 18.9 Å². The fraction of sp³-hybridized carbons (Fsp3) is 0.667. The van der Waals surface area contributed by atoms with Gasteiger partial charge in [-0.3, -0.25) is 4.90 Å².